The minimum absolute atomic E-state index is 0.0364. The summed E-state index contributed by atoms with van der Waals surface area (Å²) in [4.78, 5) is 10.1. The molecule has 0 fully saturated rings. The fourth-order valence-corrected chi connectivity index (χ4v) is 1.98. The summed E-state index contributed by atoms with van der Waals surface area (Å²) in [5.74, 6) is -0.102. The first kappa shape index (κ1) is 14.6. The molecule has 0 aliphatic heterocycles. The summed E-state index contributed by atoms with van der Waals surface area (Å²) in [5.41, 5.74) is 0.901. The third-order valence-electron chi connectivity index (χ3n) is 3.15. The Bertz CT molecular complexity index is 861. The fraction of sp³-hybridized carbons (Fsp3) is 0.0667. The maximum absolute atomic E-state index is 13.7. The lowest BCUT2D eigenvalue weighted by Crippen LogP contribution is -1.88. The lowest BCUT2D eigenvalue weighted by atomic mass is 10.2. The van der Waals surface area contributed by atoms with Crippen molar-refractivity contribution in [3.05, 3.63) is 58.4 Å². The molecule has 3 aromatic rings. The topological polar surface area (TPSA) is 91.3 Å². The molecule has 7 nitrogen and oxygen atoms in total. The van der Waals surface area contributed by atoms with Crippen LogP contribution in [0.1, 0.15) is 0 Å². The highest BCUT2D eigenvalue weighted by Gasteiger charge is 2.14. The van der Waals surface area contributed by atoms with E-state index in [1.54, 1.807) is 6.07 Å². The summed E-state index contributed by atoms with van der Waals surface area (Å²) in [6.07, 6.45) is 0. The Balaban J connectivity index is 1.91. The summed E-state index contributed by atoms with van der Waals surface area (Å²) in [5, 5.41) is 18.4. The van der Waals surface area contributed by atoms with Crippen LogP contribution in [-0.2, 0) is 0 Å². The molecule has 0 N–H and O–H groups in total. The Labute approximate surface area is 129 Å². The van der Waals surface area contributed by atoms with E-state index in [2.05, 4.69) is 10.2 Å². The van der Waals surface area contributed by atoms with Crippen LogP contribution < -0.4 is 4.74 Å². The van der Waals surface area contributed by atoms with Gasteiger partial charge in [-0.2, -0.15) is 0 Å². The summed E-state index contributed by atoms with van der Waals surface area (Å²) in [7, 11) is 1.37. The maximum atomic E-state index is 13.7. The molecule has 8 heteroatoms. The first-order valence-electron chi connectivity index (χ1n) is 6.50. The molecule has 1 heterocycles. The fourth-order valence-electron chi connectivity index (χ4n) is 1.98. The number of nitrogens with zero attached hydrogens (tertiary/aromatic N) is 3. The van der Waals surface area contributed by atoms with Crippen molar-refractivity contribution in [1.82, 2.24) is 10.2 Å². The average molecular weight is 315 g/mol. The number of nitro groups is 1. The lowest BCUT2D eigenvalue weighted by molar-refractivity contribution is -0.384. The first-order valence-corrected chi connectivity index (χ1v) is 6.50. The number of non-ortho nitro benzene ring substituents is 1. The second kappa shape index (κ2) is 5.84. The van der Waals surface area contributed by atoms with E-state index < -0.39 is 10.7 Å². The largest absolute Gasteiger partial charge is 0.494 e. The smallest absolute Gasteiger partial charge is 0.269 e. The van der Waals surface area contributed by atoms with Gasteiger partial charge in [0.25, 0.3) is 5.69 Å². The molecule has 1 aromatic heterocycles. The standard InChI is InChI=1S/C15H10FN3O4/c1-22-13-7-4-10(8-12(13)16)15-18-17-14(23-15)9-2-5-11(6-3-9)19(20)21/h2-8H,1H3. The third kappa shape index (κ3) is 2.86. The second-order valence-electron chi connectivity index (χ2n) is 4.57. The van der Waals surface area contributed by atoms with E-state index >= 15 is 0 Å². The zero-order chi connectivity index (χ0) is 16.4. The minimum Gasteiger partial charge on any atom is -0.494 e. The Morgan fingerprint density at radius 1 is 1.09 bits per heavy atom. The van der Waals surface area contributed by atoms with Crippen LogP contribution in [0, 0.1) is 15.9 Å². The van der Waals surface area contributed by atoms with Gasteiger partial charge in [0.1, 0.15) is 0 Å². The van der Waals surface area contributed by atoms with Crippen molar-refractivity contribution in [2.75, 3.05) is 7.11 Å². The molecule has 0 unspecified atom stereocenters. The number of methoxy groups -OCH3 is 1. The monoisotopic (exact) mass is 315 g/mol. The number of aromatic nitrogens is 2. The van der Waals surface area contributed by atoms with Crippen molar-refractivity contribution >= 4 is 5.69 Å². The molecule has 3 rings (SSSR count). The van der Waals surface area contributed by atoms with Crippen LogP contribution in [0.2, 0.25) is 0 Å². The highest BCUT2D eigenvalue weighted by molar-refractivity contribution is 5.59. The Morgan fingerprint density at radius 2 is 1.70 bits per heavy atom. The van der Waals surface area contributed by atoms with Gasteiger partial charge in [-0.15, -0.1) is 10.2 Å². The number of nitro benzene ring substituents is 1. The summed E-state index contributed by atoms with van der Waals surface area (Å²) in [6.45, 7) is 0. The average Bonchev–Trinajstić information content (AvgIpc) is 3.05. The van der Waals surface area contributed by atoms with Crippen molar-refractivity contribution in [3.63, 3.8) is 0 Å². The highest BCUT2D eigenvalue weighted by Crippen LogP contribution is 2.28. The predicted molar refractivity (Wildman–Crippen MR) is 78.3 cm³/mol. The van der Waals surface area contributed by atoms with Gasteiger partial charge >= 0.3 is 0 Å². The molecule has 0 bridgehead atoms. The zero-order valence-electron chi connectivity index (χ0n) is 11.9. The molecule has 2 aromatic carbocycles. The molecule has 0 spiro atoms. The van der Waals surface area contributed by atoms with Gasteiger partial charge in [0.05, 0.1) is 12.0 Å². The highest BCUT2D eigenvalue weighted by atomic mass is 19.1. The zero-order valence-corrected chi connectivity index (χ0v) is 11.9. The minimum atomic E-state index is -0.542. The molecular formula is C15H10FN3O4. The van der Waals surface area contributed by atoms with Gasteiger partial charge in [-0.05, 0) is 30.3 Å². The number of rotatable bonds is 4. The van der Waals surface area contributed by atoms with Crippen LogP contribution in [0.5, 0.6) is 5.75 Å². The van der Waals surface area contributed by atoms with Crippen molar-refractivity contribution in [3.8, 4) is 28.7 Å². The quantitative estimate of drug-likeness (QED) is 0.541. The van der Waals surface area contributed by atoms with E-state index in [1.807, 2.05) is 0 Å². The van der Waals surface area contributed by atoms with Crippen LogP contribution in [0.25, 0.3) is 22.9 Å². The summed E-state index contributed by atoms with van der Waals surface area (Å²) in [6, 6.07) is 9.97. The third-order valence-corrected chi connectivity index (χ3v) is 3.15. The number of hydrogen-bond donors (Lipinski definition) is 0. The van der Waals surface area contributed by atoms with Gasteiger partial charge in [-0.25, -0.2) is 4.39 Å². The molecule has 0 radical (unpaired) electrons. The van der Waals surface area contributed by atoms with Crippen molar-refractivity contribution in [2.24, 2.45) is 0 Å². The Kier molecular flexibility index (Phi) is 3.71. The van der Waals surface area contributed by atoms with Crippen LogP contribution >= 0.6 is 0 Å². The van der Waals surface area contributed by atoms with Gasteiger partial charge in [0, 0.05) is 23.3 Å². The first-order chi connectivity index (χ1) is 11.1. The number of benzene rings is 2. The SMILES string of the molecule is COc1ccc(-c2nnc(-c3ccc([N+](=O)[O-])cc3)o2)cc1F. The number of ether oxygens (including phenoxy) is 1. The van der Waals surface area contributed by atoms with Gasteiger partial charge in [0.2, 0.25) is 11.8 Å². The Morgan fingerprint density at radius 3 is 2.26 bits per heavy atom. The number of hydrogen-bond acceptors (Lipinski definition) is 6. The van der Waals surface area contributed by atoms with E-state index in [-0.39, 0.29) is 23.2 Å². The number of halogens is 1. The maximum Gasteiger partial charge on any atom is 0.269 e. The van der Waals surface area contributed by atoms with E-state index in [0.29, 0.717) is 11.1 Å². The Hall–Kier alpha value is -3.29. The van der Waals surface area contributed by atoms with Gasteiger partial charge in [0.15, 0.2) is 11.6 Å². The van der Waals surface area contributed by atoms with Crippen molar-refractivity contribution in [1.29, 1.82) is 0 Å². The van der Waals surface area contributed by atoms with Crippen LogP contribution in [0.3, 0.4) is 0 Å². The lowest BCUT2D eigenvalue weighted by Gasteiger charge is -2.02. The second-order valence-corrected chi connectivity index (χ2v) is 4.57. The summed E-state index contributed by atoms with van der Waals surface area (Å²) < 4.78 is 24.0. The van der Waals surface area contributed by atoms with Gasteiger partial charge in [-0.3, -0.25) is 10.1 Å². The normalized spacial score (nSPS) is 10.5. The summed E-state index contributed by atoms with van der Waals surface area (Å²) >= 11 is 0. The van der Waals surface area contributed by atoms with Crippen LogP contribution in [0.4, 0.5) is 10.1 Å². The van der Waals surface area contributed by atoms with E-state index in [4.69, 9.17) is 9.15 Å². The predicted octanol–water partition coefficient (Wildman–Crippen LogP) is 3.46. The molecular weight excluding hydrogens is 305 g/mol. The van der Waals surface area contributed by atoms with E-state index in [1.165, 1.54) is 43.5 Å². The van der Waals surface area contributed by atoms with Gasteiger partial charge in [-0.1, -0.05) is 0 Å². The van der Waals surface area contributed by atoms with Crippen molar-refractivity contribution < 1.29 is 18.5 Å². The van der Waals surface area contributed by atoms with Crippen molar-refractivity contribution in [2.45, 2.75) is 0 Å². The molecule has 0 atom stereocenters. The molecule has 0 aliphatic rings. The van der Waals surface area contributed by atoms with Crippen LogP contribution in [0.15, 0.2) is 46.9 Å². The molecule has 0 saturated heterocycles. The van der Waals surface area contributed by atoms with E-state index in [0.717, 1.165) is 0 Å². The molecule has 0 aliphatic carbocycles. The van der Waals surface area contributed by atoms with E-state index in [9.17, 15) is 14.5 Å². The molecule has 23 heavy (non-hydrogen) atoms. The van der Waals surface area contributed by atoms with Crippen LogP contribution in [-0.4, -0.2) is 22.2 Å². The van der Waals surface area contributed by atoms with Gasteiger partial charge < -0.3 is 9.15 Å². The molecule has 0 amide bonds. The molecule has 0 saturated carbocycles. The molecule has 116 valence electrons.